The Hall–Kier alpha value is -3.23. The minimum atomic E-state index is -0.0942. The summed E-state index contributed by atoms with van der Waals surface area (Å²) in [7, 11) is 1.79. The fourth-order valence-electron chi connectivity index (χ4n) is 2.94. The van der Waals surface area contributed by atoms with Crippen LogP contribution in [0, 0.1) is 5.92 Å². The number of amides is 1. The molecule has 0 radical (unpaired) electrons. The van der Waals surface area contributed by atoms with Gasteiger partial charge >= 0.3 is 0 Å². The molecule has 1 fully saturated rings. The Balaban J connectivity index is 1.38. The molecule has 0 bridgehead atoms. The second-order valence-corrected chi connectivity index (χ2v) is 6.13. The third-order valence-electron chi connectivity index (χ3n) is 4.35. The van der Waals surface area contributed by atoms with E-state index in [4.69, 9.17) is 4.74 Å². The van der Waals surface area contributed by atoms with Gasteiger partial charge in [-0.3, -0.25) is 4.79 Å². The highest BCUT2D eigenvalue weighted by Crippen LogP contribution is 2.28. The van der Waals surface area contributed by atoms with Gasteiger partial charge in [0, 0.05) is 25.8 Å². The highest BCUT2D eigenvalue weighted by atomic mass is 16.5. The normalized spacial score (nSPS) is 14.3. The number of hydrogen-bond acceptors (Lipinski definition) is 7. The molecule has 1 N–H and O–H groups in total. The number of anilines is 2. The summed E-state index contributed by atoms with van der Waals surface area (Å²) in [4.78, 5) is 22.9. The summed E-state index contributed by atoms with van der Waals surface area (Å²) in [5, 5.41) is 11.0. The van der Waals surface area contributed by atoms with Gasteiger partial charge < -0.3 is 15.0 Å². The topological polar surface area (TPSA) is 98.1 Å². The molecule has 1 aliphatic rings. The van der Waals surface area contributed by atoms with Crippen LogP contribution in [0.15, 0.2) is 30.6 Å². The van der Waals surface area contributed by atoms with Crippen molar-refractivity contribution < 1.29 is 9.53 Å². The van der Waals surface area contributed by atoms with Gasteiger partial charge in [-0.15, -0.1) is 5.10 Å². The number of fused-ring (bicyclic) bond motifs is 1. The number of ether oxygens (including phenoxy) is 1. The summed E-state index contributed by atoms with van der Waals surface area (Å²) in [5.74, 6) is 1.41. The number of carbonyl (C=O) groups excluding carboxylic acids is 1. The van der Waals surface area contributed by atoms with Gasteiger partial charge in [0.1, 0.15) is 12.1 Å². The molecule has 0 aliphatic carbocycles. The highest BCUT2D eigenvalue weighted by Gasteiger charge is 2.35. The minimum absolute atomic E-state index is 0.00476. The van der Waals surface area contributed by atoms with E-state index in [0.717, 1.165) is 11.4 Å². The molecular formula is C17H19N7O2. The van der Waals surface area contributed by atoms with Crippen molar-refractivity contribution in [3.05, 3.63) is 30.6 Å². The lowest BCUT2D eigenvalue weighted by atomic mass is 9.99. The average Bonchev–Trinajstić information content (AvgIpc) is 2.98. The van der Waals surface area contributed by atoms with Gasteiger partial charge in [0.25, 0.3) is 0 Å². The first-order valence-corrected chi connectivity index (χ1v) is 8.44. The maximum absolute atomic E-state index is 12.4. The molecule has 3 heterocycles. The van der Waals surface area contributed by atoms with Crippen LogP contribution in [0.4, 0.5) is 11.5 Å². The smallest absolute Gasteiger partial charge is 0.231 e. The van der Waals surface area contributed by atoms with Crippen LogP contribution in [0.2, 0.25) is 0 Å². The molecule has 9 nitrogen and oxygen atoms in total. The third kappa shape index (κ3) is 2.92. The van der Waals surface area contributed by atoms with Crippen LogP contribution in [-0.4, -0.2) is 50.6 Å². The summed E-state index contributed by atoms with van der Waals surface area (Å²) < 4.78 is 7.01. The Morgan fingerprint density at radius 3 is 2.77 bits per heavy atom. The molecule has 0 atom stereocenters. The molecule has 26 heavy (non-hydrogen) atoms. The molecule has 2 aromatic heterocycles. The molecule has 1 saturated heterocycles. The molecule has 3 aromatic rings. The van der Waals surface area contributed by atoms with Crippen LogP contribution in [-0.2, 0) is 11.8 Å². The van der Waals surface area contributed by atoms with Crippen LogP contribution < -0.4 is 15.0 Å². The Morgan fingerprint density at radius 2 is 2.04 bits per heavy atom. The first-order chi connectivity index (χ1) is 12.7. The predicted octanol–water partition coefficient (Wildman–Crippen LogP) is 1.23. The Morgan fingerprint density at radius 1 is 1.27 bits per heavy atom. The largest absolute Gasteiger partial charge is 0.494 e. The first kappa shape index (κ1) is 16.2. The van der Waals surface area contributed by atoms with Gasteiger partial charge in [-0.2, -0.15) is 0 Å². The zero-order valence-electron chi connectivity index (χ0n) is 14.6. The molecule has 0 unspecified atom stereocenters. The highest BCUT2D eigenvalue weighted by molar-refractivity contribution is 5.95. The molecule has 1 amide bonds. The molecule has 1 aliphatic heterocycles. The predicted molar refractivity (Wildman–Crippen MR) is 96.0 cm³/mol. The summed E-state index contributed by atoms with van der Waals surface area (Å²) >= 11 is 0. The van der Waals surface area contributed by atoms with Crippen LogP contribution in [0.5, 0.6) is 5.75 Å². The summed E-state index contributed by atoms with van der Waals surface area (Å²) in [6.07, 6.45) is 1.49. The standard InChI is InChI=1S/C17H19N7O2/c1-3-26-13-6-4-12(5-7-13)20-17(25)11-8-24(9-11)16-14-15(18-10-19-16)23(2)22-21-14/h4-7,10-11H,3,8-9H2,1-2H3,(H,20,25). The van der Waals surface area contributed by atoms with E-state index in [9.17, 15) is 4.79 Å². The number of rotatable bonds is 5. The van der Waals surface area contributed by atoms with E-state index < -0.39 is 0 Å². The van der Waals surface area contributed by atoms with Gasteiger partial charge in [-0.1, -0.05) is 5.21 Å². The maximum atomic E-state index is 12.4. The van der Waals surface area contributed by atoms with Crippen molar-refractivity contribution in [1.29, 1.82) is 0 Å². The van der Waals surface area contributed by atoms with E-state index in [1.807, 2.05) is 36.1 Å². The van der Waals surface area contributed by atoms with E-state index in [-0.39, 0.29) is 11.8 Å². The van der Waals surface area contributed by atoms with Crippen molar-refractivity contribution in [2.24, 2.45) is 13.0 Å². The Bertz CT molecular complexity index is 932. The Labute approximate surface area is 150 Å². The van der Waals surface area contributed by atoms with Crippen molar-refractivity contribution in [2.75, 3.05) is 29.9 Å². The fourth-order valence-corrected chi connectivity index (χ4v) is 2.94. The first-order valence-electron chi connectivity index (χ1n) is 8.44. The molecule has 134 valence electrons. The zero-order valence-corrected chi connectivity index (χ0v) is 14.6. The number of aromatic nitrogens is 5. The van der Waals surface area contributed by atoms with Gasteiger partial charge in [-0.05, 0) is 31.2 Å². The van der Waals surface area contributed by atoms with E-state index in [2.05, 4.69) is 25.6 Å². The second kappa shape index (κ2) is 6.58. The lowest BCUT2D eigenvalue weighted by Gasteiger charge is -2.38. The second-order valence-electron chi connectivity index (χ2n) is 6.13. The molecule has 4 rings (SSSR count). The number of hydrogen-bond donors (Lipinski definition) is 1. The lowest BCUT2D eigenvalue weighted by Crippen LogP contribution is -2.52. The quantitative estimate of drug-likeness (QED) is 0.737. The van der Waals surface area contributed by atoms with Gasteiger partial charge in [-0.25, -0.2) is 14.6 Å². The van der Waals surface area contributed by atoms with E-state index >= 15 is 0 Å². The van der Waals surface area contributed by atoms with Crippen molar-refractivity contribution in [3.8, 4) is 5.75 Å². The number of nitrogens with zero attached hydrogens (tertiary/aromatic N) is 6. The van der Waals surface area contributed by atoms with Crippen LogP contribution >= 0.6 is 0 Å². The monoisotopic (exact) mass is 353 g/mol. The Kier molecular flexibility index (Phi) is 4.11. The van der Waals surface area contributed by atoms with Crippen molar-refractivity contribution in [3.63, 3.8) is 0 Å². The van der Waals surface area contributed by atoms with Crippen LogP contribution in [0.1, 0.15) is 6.92 Å². The molecule has 0 spiro atoms. The van der Waals surface area contributed by atoms with E-state index in [1.54, 1.807) is 11.7 Å². The van der Waals surface area contributed by atoms with E-state index in [0.29, 0.717) is 36.7 Å². The van der Waals surface area contributed by atoms with Gasteiger partial charge in [0.2, 0.25) is 5.91 Å². The molecular weight excluding hydrogens is 334 g/mol. The molecule has 9 heteroatoms. The van der Waals surface area contributed by atoms with Gasteiger partial charge in [0.15, 0.2) is 17.0 Å². The molecule has 0 saturated carbocycles. The maximum Gasteiger partial charge on any atom is 0.231 e. The summed E-state index contributed by atoms with van der Waals surface area (Å²) in [6, 6.07) is 7.37. The number of carbonyl (C=O) groups is 1. The fraction of sp³-hybridized carbons (Fsp3) is 0.353. The SMILES string of the molecule is CCOc1ccc(NC(=O)C2CN(c3ncnc4c3nnn4C)C2)cc1. The third-order valence-corrected chi connectivity index (χ3v) is 4.35. The number of benzene rings is 1. The van der Waals surface area contributed by atoms with Gasteiger partial charge in [0.05, 0.1) is 12.5 Å². The zero-order chi connectivity index (χ0) is 18.1. The van der Waals surface area contributed by atoms with Crippen molar-refractivity contribution >= 4 is 28.6 Å². The number of nitrogens with one attached hydrogen (secondary N) is 1. The van der Waals surface area contributed by atoms with Crippen LogP contribution in [0.25, 0.3) is 11.2 Å². The number of aryl methyl sites for hydroxylation is 1. The lowest BCUT2D eigenvalue weighted by molar-refractivity contribution is -0.120. The van der Waals surface area contributed by atoms with Crippen molar-refractivity contribution in [1.82, 2.24) is 25.0 Å². The average molecular weight is 353 g/mol. The summed E-state index contributed by atoms with van der Waals surface area (Å²) in [6.45, 7) is 3.73. The van der Waals surface area contributed by atoms with Crippen LogP contribution in [0.3, 0.4) is 0 Å². The summed E-state index contributed by atoms with van der Waals surface area (Å²) in [5.41, 5.74) is 2.09. The minimum Gasteiger partial charge on any atom is -0.494 e. The van der Waals surface area contributed by atoms with E-state index in [1.165, 1.54) is 6.33 Å². The van der Waals surface area contributed by atoms with Crippen molar-refractivity contribution in [2.45, 2.75) is 6.92 Å². The molecule has 1 aromatic carbocycles.